The third kappa shape index (κ3) is 3.61. The number of phenolic OH excluding ortho intramolecular Hbond substituents is 1. The summed E-state index contributed by atoms with van der Waals surface area (Å²) in [6.45, 7) is 2.01. The molecule has 0 aromatic heterocycles. The van der Waals surface area contributed by atoms with E-state index in [1.54, 1.807) is 25.5 Å². The fourth-order valence-corrected chi connectivity index (χ4v) is 2.17. The normalized spacial score (nSPS) is 12.6. The van der Waals surface area contributed by atoms with Gasteiger partial charge in [0.1, 0.15) is 11.5 Å². The van der Waals surface area contributed by atoms with Crippen LogP contribution in [-0.2, 0) is 0 Å². The Kier molecular flexibility index (Phi) is 4.79. The zero-order valence-corrected chi connectivity index (χ0v) is 13.0. The van der Waals surface area contributed by atoms with E-state index in [0.717, 1.165) is 15.8 Å². The number of methoxy groups -OCH3 is 1. The minimum Gasteiger partial charge on any atom is -0.507 e. The maximum absolute atomic E-state index is 9.76. The highest BCUT2D eigenvalue weighted by Crippen LogP contribution is 2.23. The minimum atomic E-state index is 0.0132. The van der Waals surface area contributed by atoms with Crippen molar-refractivity contribution in [3.63, 3.8) is 0 Å². The van der Waals surface area contributed by atoms with Crippen molar-refractivity contribution in [2.75, 3.05) is 7.11 Å². The van der Waals surface area contributed by atoms with E-state index in [4.69, 9.17) is 4.74 Å². The van der Waals surface area contributed by atoms with Crippen LogP contribution in [0.3, 0.4) is 0 Å². The Balaban J connectivity index is 2.15. The molecule has 0 fully saturated rings. The molecule has 1 N–H and O–H groups in total. The largest absolute Gasteiger partial charge is 0.507 e. The quantitative estimate of drug-likeness (QED) is 0.845. The van der Waals surface area contributed by atoms with Gasteiger partial charge in [0, 0.05) is 16.3 Å². The van der Waals surface area contributed by atoms with Crippen molar-refractivity contribution in [3.05, 3.63) is 58.1 Å². The number of halogens is 1. The van der Waals surface area contributed by atoms with Crippen molar-refractivity contribution in [1.82, 2.24) is 0 Å². The summed E-state index contributed by atoms with van der Waals surface area (Å²) in [4.78, 5) is 4.48. The Morgan fingerprint density at radius 1 is 1.20 bits per heavy atom. The van der Waals surface area contributed by atoms with Crippen LogP contribution >= 0.6 is 15.9 Å². The maximum atomic E-state index is 9.76. The van der Waals surface area contributed by atoms with Crippen LogP contribution in [-0.4, -0.2) is 18.4 Å². The van der Waals surface area contributed by atoms with Crippen LogP contribution in [0.2, 0.25) is 0 Å². The molecule has 2 aromatic rings. The lowest BCUT2D eigenvalue weighted by Gasteiger charge is -2.08. The molecular weight excluding hydrogens is 318 g/mol. The van der Waals surface area contributed by atoms with Gasteiger partial charge in [-0.15, -0.1) is 0 Å². The average Bonchev–Trinajstić information content (AvgIpc) is 2.48. The van der Waals surface area contributed by atoms with Crippen LogP contribution in [0.4, 0.5) is 0 Å². The second-order valence-corrected chi connectivity index (χ2v) is 5.35. The molecule has 2 aromatic carbocycles. The first kappa shape index (κ1) is 14.6. The topological polar surface area (TPSA) is 41.8 Å². The number of ether oxygens (including phenoxy) is 1. The molecule has 0 amide bonds. The number of hydrogen-bond acceptors (Lipinski definition) is 3. The molecule has 104 valence electrons. The van der Waals surface area contributed by atoms with E-state index in [9.17, 15) is 5.11 Å². The van der Waals surface area contributed by atoms with E-state index >= 15 is 0 Å². The van der Waals surface area contributed by atoms with Crippen LogP contribution in [0.5, 0.6) is 11.5 Å². The molecule has 0 radical (unpaired) electrons. The van der Waals surface area contributed by atoms with Crippen LogP contribution in [0.1, 0.15) is 24.1 Å². The molecule has 0 saturated heterocycles. The molecular formula is C16H16BrNO2. The molecule has 0 bridgehead atoms. The molecule has 4 heteroatoms. The van der Waals surface area contributed by atoms with Gasteiger partial charge < -0.3 is 9.84 Å². The molecule has 0 heterocycles. The van der Waals surface area contributed by atoms with Crippen molar-refractivity contribution in [3.8, 4) is 11.5 Å². The third-order valence-electron chi connectivity index (χ3n) is 3.03. The van der Waals surface area contributed by atoms with Crippen LogP contribution in [0, 0.1) is 0 Å². The second-order valence-electron chi connectivity index (χ2n) is 4.43. The van der Waals surface area contributed by atoms with Crippen molar-refractivity contribution in [2.24, 2.45) is 4.99 Å². The smallest absolute Gasteiger partial charge is 0.124 e. The maximum Gasteiger partial charge on any atom is 0.124 e. The van der Waals surface area contributed by atoms with Gasteiger partial charge in [-0.3, -0.25) is 4.99 Å². The molecule has 0 spiro atoms. The zero-order chi connectivity index (χ0) is 14.5. The number of aliphatic imine (C=N–C) groups is 1. The SMILES string of the molecule is COc1ccc(C(C)N=Cc2cc(Br)ccc2O)cc1. The third-order valence-corrected chi connectivity index (χ3v) is 3.52. The monoisotopic (exact) mass is 333 g/mol. The summed E-state index contributed by atoms with van der Waals surface area (Å²) in [5.41, 5.74) is 1.79. The Hall–Kier alpha value is -1.81. The Morgan fingerprint density at radius 3 is 2.55 bits per heavy atom. The Labute approximate surface area is 127 Å². The van der Waals surface area contributed by atoms with Crippen molar-refractivity contribution in [1.29, 1.82) is 0 Å². The predicted molar refractivity (Wildman–Crippen MR) is 84.8 cm³/mol. The van der Waals surface area contributed by atoms with Gasteiger partial charge in [-0.1, -0.05) is 28.1 Å². The van der Waals surface area contributed by atoms with E-state index in [0.29, 0.717) is 5.56 Å². The number of hydrogen-bond donors (Lipinski definition) is 1. The molecule has 1 atom stereocenters. The number of nitrogens with zero attached hydrogens (tertiary/aromatic N) is 1. The molecule has 0 aliphatic carbocycles. The number of aromatic hydroxyl groups is 1. The van der Waals surface area contributed by atoms with Crippen molar-refractivity contribution in [2.45, 2.75) is 13.0 Å². The minimum absolute atomic E-state index is 0.0132. The number of rotatable bonds is 4. The number of phenols is 1. The van der Waals surface area contributed by atoms with Gasteiger partial charge in [0.2, 0.25) is 0 Å². The van der Waals surface area contributed by atoms with Gasteiger partial charge in [0.05, 0.1) is 13.2 Å². The fourth-order valence-electron chi connectivity index (χ4n) is 1.79. The van der Waals surface area contributed by atoms with Crippen LogP contribution in [0.15, 0.2) is 51.9 Å². The molecule has 20 heavy (non-hydrogen) atoms. The van der Waals surface area contributed by atoms with Gasteiger partial charge in [-0.25, -0.2) is 0 Å². The summed E-state index contributed by atoms with van der Waals surface area (Å²) in [7, 11) is 1.65. The lowest BCUT2D eigenvalue weighted by Crippen LogP contribution is -1.92. The highest BCUT2D eigenvalue weighted by molar-refractivity contribution is 9.10. The summed E-state index contributed by atoms with van der Waals surface area (Å²) in [6, 6.07) is 13.1. The summed E-state index contributed by atoms with van der Waals surface area (Å²) in [5.74, 6) is 1.05. The lowest BCUT2D eigenvalue weighted by atomic mass is 10.1. The fraction of sp³-hybridized carbons (Fsp3) is 0.188. The van der Waals surface area contributed by atoms with Gasteiger partial charge in [0.25, 0.3) is 0 Å². The van der Waals surface area contributed by atoms with E-state index in [2.05, 4.69) is 20.9 Å². The zero-order valence-electron chi connectivity index (χ0n) is 11.4. The molecule has 1 unspecified atom stereocenters. The molecule has 0 aliphatic heterocycles. The lowest BCUT2D eigenvalue weighted by molar-refractivity contribution is 0.414. The summed E-state index contributed by atoms with van der Waals surface area (Å²) in [6.07, 6.45) is 1.69. The van der Waals surface area contributed by atoms with Crippen molar-refractivity contribution < 1.29 is 9.84 Å². The van der Waals surface area contributed by atoms with Crippen LogP contribution in [0.25, 0.3) is 0 Å². The van der Waals surface area contributed by atoms with Gasteiger partial charge in [0.15, 0.2) is 0 Å². The molecule has 3 nitrogen and oxygen atoms in total. The van der Waals surface area contributed by atoms with E-state index in [1.807, 2.05) is 37.3 Å². The first-order valence-electron chi connectivity index (χ1n) is 6.26. The van der Waals surface area contributed by atoms with Gasteiger partial charge in [-0.2, -0.15) is 0 Å². The Bertz CT molecular complexity index is 608. The number of benzene rings is 2. The van der Waals surface area contributed by atoms with E-state index in [1.165, 1.54) is 0 Å². The summed E-state index contributed by atoms with van der Waals surface area (Å²) >= 11 is 3.38. The Morgan fingerprint density at radius 2 is 1.90 bits per heavy atom. The molecule has 2 rings (SSSR count). The standard InChI is InChI=1S/C16H16BrNO2/c1-11(12-3-6-15(20-2)7-4-12)18-10-13-9-14(17)5-8-16(13)19/h3-11,19H,1-2H3. The van der Waals surface area contributed by atoms with Gasteiger partial charge in [-0.05, 0) is 42.8 Å². The van der Waals surface area contributed by atoms with Crippen molar-refractivity contribution >= 4 is 22.1 Å². The summed E-state index contributed by atoms with van der Waals surface area (Å²) in [5, 5.41) is 9.76. The highest BCUT2D eigenvalue weighted by Gasteiger charge is 2.04. The highest BCUT2D eigenvalue weighted by atomic mass is 79.9. The second kappa shape index (κ2) is 6.57. The first-order chi connectivity index (χ1) is 9.60. The van der Waals surface area contributed by atoms with E-state index < -0.39 is 0 Å². The van der Waals surface area contributed by atoms with E-state index in [-0.39, 0.29) is 11.8 Å². The molecule has 0 aliphatic rings. The predicted octanol–water partition coefficient (Wildman–Crippen LogP) is 4.34. The van der Waals surface area contributed by atoms with Gasteiger partial charge >= 0.3 is 0 Å². The average molecular weight is 334 g/mol. The first-order valence-corrected chi connectivity index (χ1v) is 7.05. The molecule has 0 saturated carbocycles. The van der Waals surface area contributed by atoms with Crippen LogP contribution < -0.4 is 4.74 Å². The summed E-state index contributed by atoms with van der Waals surface area (Å²) < 4.78 is 6.04.